The average Bonchev–Trinajstić information content (AvgIpc) is 3.99. The van der Waals surface area contributed by atoms with Crippen LogP contribution in [0.15, 0.2) is 67.0 Å². The first kappa shape index (κ1) is 50.5. The number of hydrogen-bond acceptors (Lipinski definition) is 13. The van der Waals surface area contributed by atoms with Gasteiger partial charge in [0.2, 0.25) is 17.8 Å². The van der Waals surface area contributed by atoms with Crippen molar-refractivity contribution in [3.05, 3.63) is 94.9 Å². The zero-order valence-corrected chi connectivity index (χ0v) is 43.4. The zero-order chi connectivity index (χ0) is 52.0. The number of aromatic nitrogens is 5. The number of amides is 4. The number of aliphatic hydroxyl groups is 1. The van der Waals surface area contributed by atoms with Crippen molar-refractivity contribution < 1.29 is 29.3 Å². The minimum atomic E-state index is -0.916. The summed E-state index contributed by atoms with van der Waals surface area (Å²) in [5, 5.41) is 37.4. The fourth-order valence-corrected chi connectivity index (χ4v) is 12.8. The monoisotopic (exact) mass is 1020 g/mol. The Labute approximate surface area is 438 Å². The number of phenols is 1. The van der Waals surface area contributed by atoms with Crippen molar-refractivity contribution in [1.82, 2.24) is 55.4 Å². The van der Waals surface area contributed by atoms with E-state index in [1.54, 1.807) is 12.1 Å². The van der Waals surface area contributed by atoms with Gasteiger partial charge in [0.25, 0.3) is 0 Å². The number of carbonyl (C=O) groups excluding carboxylic acids is 3. The van der Waals surface area contributed by atoms with Gasteiger partial charge < -0.3 is 50.2 Å². The molecule has 8 heterocycles. The number of carbonyl (C=O) groups is 3. The molecule has 11 rings (SSSR count). The van der Waals surface area contributed by atoms with Gasteiger partial charge in [0.1, 0.15) is 17.8 Å². The number of para-hydroxylation sites is 1. The highest BCUT2D eigenvalue weighted by Gasteiger charge is 2.56. The zero-order valence-electron chi connectivity index (χ0n) is 43.4. The van der Waals surface area contributed by atoms with Crippen LogP contribution in [0.1, 0.15) is 99.2 Å². The number of H-pyrrole nitrogens is 1. The van der Waals surface area contributed by atoms with Crippen LogP contribution < -0.4 is 15.5 Å². The third-order valence-electron chi connectivity index (χ3n) is 17.4. The van der Waals surface area contributed by atoms with Gasteiger partial charge in [-0.2, -0.15) is 0 Å². The van der Waals surface area contributed by atoms with Gasteiger partial charge in [-0.05, 0) is 111 Å². The molecule has 0 unspecified atom stereocenters. The Balaban J connectivity index is 0.677. The summed E-state index contributed by atoms with van der Waals surface area (Å²) in [6.45, 7) is 14.2. The number of anilines is 1. The summed E-state index contributed by atoms with van der Waals surface area (Å²) >= 11 is 0. The van der Waals surface area contributed by atoms with Crippen LogP contribution in [0.5, 0.6) is 5.75 Å². The molecule has 2 aromatic carbocycles. The highest BCUT2D eigenvalue weighted by atomic mass is 16.5. The first-order chi connectivity index (χ1) is 36.2. The van der Waals surface area contributed by atoms with Crippen molar-refractivity contribution in [1.29, 1.82) is 0 Å². The Hall–Kier alpha value is -6.65. The minimum Gasteiger partial charge on any atom is -0.507 e. The number of nitrogens with zero attached hydrogens (tertiary/aromatic N) is 9. The number of aromatic hydroxyl groups is 1. The quantitative estimate of drug-likeness (QED) is 0.0989. The molecule has 6 aliphatic rings. The second-order valence-corrected chi connectivity index (χ2v) is 22.7. The summed E-state index contributed by atoms with van der Waals surface area (Å²) < 4.78 is 5.58. The van der Waals surface area contributed by atoms with Gasteiger partial charge in [0.15, 0.2) is 5.65 Å². The number of β-amino-alcohol motifs (C(OH)–C–C–N with tert-alkyl or cyclic N) is 1. The third-order valence-corrected chi connectivity index (χ3v) is 17.4. The van der Waals surface area contributed by atoms with Crippen molar-refractivity contribution in [2.24, 2.45) is 10.8 Å². The molecule has 394 valence electrons. The van der Waals surface area contributed by atoms with Gasteiger partial charge in [0, 0.05) is 110 Å². The average molecular weight is 1020 g/mol. The third kappa shape index (κ3) is 10.3. The number of likely N-dealkylation sites (tertiary alicyclic amines) is 3. The van der Waals surface area contributed by atoms with Gasteiger partial charge >= 0.3 is 6.03 Å². The number of urea groups is 1. The lowest BCUT2D eigenvalue weighted by Crippen LogP contribution is -2.70. The van der Waals surface area contributed by atoms with Crippen LogP contribution >= 0.6 is 0 Å². The van der Waals surface area contributed by atoms with E-state index in [1.807, 2.05) is 73.6 Å². The molecule has 1 aliphatic carbocycles. The largest absolute Gasteiger partial charge is 0.507 e. The maximum atomic E-state index is 14.8. The molecule has 5 fully saturated rings. The summed E-state index contributed by atoms with van der Waals surface area (Å²) in [5.41, 5.74) is 6.51. The summed E-state index contributed by atoms with van der Waals surface area (Å²) in [6.07, 6.45) is 14.4. The number of aliphatic hydroxyl groups excluding tert-OH is 1. The summed E-state index contributed by atoms with van der Waals surface area (Å²) in [6, 6.07) is 15.0. The Morgan fingerprint density at radius 2 is 1.72 bits per heavy atom. The van der Waals surface area contributed by atoms with E-state index in [1.165, 1.54) is 10.5 Å². The normalized spacial score (nSPS) is 22.8. The summed E-state index contributed by atoms with van der Waals surface area (Å²) in [4.78, 5) is 66.6. The summed E-state index contributed by atoms with van der Waals surface area (Å²) in [5.74, 6) is 3.17. The molecule has 75 heavy (non-hydrogen) atoms. The van der Waals surface area contributed by atoms with E-state index in [9.17, 15) is 24.6 Å². The highest BCUT2D eigenvalue weighted by Crippen LogP contribution is 2.51. The molecule has 1 saturated carbocycles. The van der Waals surface area contributed by atoms with Crippen LogP contribution in [0.2, 0.25) is 0 Å². The summed E-state index contributed by atoms with van der Waals surface area (Å²) in [7, 11) is 0. The minimum absolute atomic E-state index is 0.00565. The number of morpholine rings is 1. The van der Waals surface area contributed by atoms with E-state index in [4.69, 9.17) is 21.1 Å². The molecule has 4 atom stereocenters. The molecule has 0 radical (unpaired) electrons. The van der Waals surface area contributed by atoms with E-state index in [2.05, 4.69) is 53.4 Å². The van der Waals surface area contributed by atoms with E-state index in [0.717, 1.165) is 105 Å². The topological polar surface area (TPSA) is 209 Å². The number of phenolic OH excluding ortho intramolecular Hbond substituents is 1. The first-order valence-corrected chi connectivity index (χ1v) is 26.9. The van der Waals surface area contributed by atoms with E-state index in [-0.39, 0.29) is 54.6 Å². The molecular formula is C57H70N12O6. The maximum Gasteiger partial charge on any atom is 0.318 e. The van der Waals surface area contributed by atoms with E-state index >= 15 is 0 Å². The van der Waals surface area contributed by atoms with Crippen molar-refractivity contribution in [3.8, 4) is 29.4 Å². The molecule has 5 N–H and O–H groups in total. The lowest BCUT2D eigenvalue weighted by atomic mass is 9.60. The molecule has 1 spiro atoms. The predicted octanol–water partition coefficient (Wildman–Crippen LogP) is 4.97. The van der Waals surface area contributed by atoms with Crippen LogP contribution in [0.3, 0.4) is 0 Å². The van der Waals surface area contributed by atoms with Gasteiger partial charge in [-0.25, -0.2) is 14.8 Å². The van der Waals surface area contributed by atoms with Gasteiger partial charge in [0.05, 0.1) is 31.1 Å². The standard InChI is InChI=1S/C57H70N12O6/c1-5-37-10-12-38(13-11-37)30-58-52(72)47-26-42(70)33-69(47)53(73)50(56(3,4)17-21-65-22-24-75-25-23-65)62-55(74)67-34-57(35-67)28-41(29-57)66-18-14-39(15-19-66)40-31-59-54(60-32-40)68-20-16-45-49(36(68)2)44-27-46(63-64-51(44)61-45)43-8-6-7-9-48(43)71/h1,6-13,27,31-32,36,39,41-42,47,50,70-71H,14-26,28-30,33-35H2,2-4H3,(H,58,72)(H,61,64)(H,62,74)/t36-,42-,47+,50+/m1/s1. The Morgan fingerprint density at radius 3 is 2.44 bits per heavy atom. The molecule has 4 amide bonds. The van der Waals surface area contributed by atoms with Crippen LogP contribution in [0, 0.1) is 23.2 Å². The Morgan fingerprint density at radius 1 is 0.987 bits per heavy atom. The van der Waals surface area contributed by atoms with Gasteiger partial charge in [-0.1, -0.05) is 44.0 Å². The van der Waals surface area contributed by atoms with Gasteiger partial charge in [-0.15, -0.1) is 16.6 Å². The highest BCUT2D eigenvalue weighted by molar-refractivity contribution is 5.93. The SMILES string of the molecule is C#Cc1ccc(CNC(=O)[C@@H]2C[C@@H](O)CN2C(=O)[C@H](NC(=O)N2CC3(CC(N4CCC(c5cnc(N6CCc7[nH]c8nnc(-c9ccccc9O)cc8c7[C@H]6C)nc5)CC4)C3)C2)C(C)(C)CCN2CCOCC2)cc1. The van der Waals surface area contributed by atoms with Crippen LogP contribution in [-0.4, -0.2) is 169 Å². The first-order valence-electron chi connectivity index (χ1n) is 26.9. The smallest absolute Gasteiger partial charge is 0.318 e. The number of benzene rings is 2. The van der Waals surface area contributed by atoms with Crippen molar-refractivity contribution in [3.63, 3.8) is 0 Å². The second kappa shape index (κ2) is 20.8. The number of hydrogen-bond donors (Lipinski definition) is 5. The van der Waals surface area contributed by atoms with Crippen LogP contribution in [0.4, 0.5) is 10.7 Å². The fraction of sp³-hybridized carbons (Fsp3) is 0.526. The molecule has 3 aromatic heterocycles. The van der Waals surface area contributed by atoms with Crippen molar-refractivity contribution >= 4 is 34.8 Å². The predicted molar refractivity (Wildman–Crippen MR) is 283 cm³/mol. The Kier molecular flexibility index (Phi) is 14.0. The number of rotatable bonds is 13. The van der Waals surface area contributed by atoms with Crippen molar-refractivity contribution in [2.75, 3.05) is 77.0 Å². The molecular weight excluding hydrogens is 949 g/mol. The van der Waals surface area contributed by atoms with Gasteiger partial charge in [-0.3, -0.25) is 14.5 Å². The van der Waals surface area contributed by atoms with Crippen LogP contribution in [0.25, 0.3) is 22.3 Å². The molecule has 5 aliphatic heterocycles. The molecule has 4 saturated heterocycles. The number of nitrogens with one attached hydrogen (secondary N) is 3. The molecule has 18 heteroatoms. The Bertz CT molecular complexity index is 2930. The number of aromatic amines is 1. The maximum absolute atomic E-state index is 14.8. The number of terminal acetylenes is 1. The molecule has 18 nitrogen and oxygen atoms in total. The molecule has 0 bridgehead atoms. The molecule has 5 aromatic rings. The van der Waals surface area contributed by atoms with Crippen molar-refractivity contribution in [2.45, 2.75) is 108 Å². The van der Waals surface area contributed by atoms with Crippen LogP contribution in [-0.2, 0) is 27.3 Å². The van der Waals surface area contributed by atoms with E-state index < -0.39 is 23.6 Å². The fourth-order valence-electron chi connectivity index (χ4n) is 12.8. The second-order valence-electron chi connectivity index (χ2n) is 22.7. The lowest BCUT2D eigenvalue weighted by molar-refractivity contribution is -0.142. The number of fused-ring (bicyclic) bond motifs is 3. The number of ether oxygens (including phenoxy) is 1. The lowest BCUT2D eigenvalue weighted by Gasteiger charge is -2.61. The van der Waals surface area contributed by atoms with E-state index in [0.29, 0.717) is 61.9 Å². The number of piperidine rings is 1.